The van der Waals surface area contributed by atoms with Crippen molar-refractivity contribution in [2.24, 2.45) is 0 Å². The summed E-state index contributed by atoms with van der Waals surface area (Å²) >= 11 is 0. The van der Waals surface area contributed by atoms with Gasteiger partial charge in [-0.15, -0.1) is 8.93 Å². The summed E-state index contributed by atoms with van der Waals surface area (Å²) in [7, 11) is 3.60. The van der Waals surface area contributed by atoms with Crippen LogP contribution in [0, 0.1) is 20.8 Å². The summed E-state index contributed by atoms with van der Waals surface area (Å²) in [5, 5.41) is 1.40. The topological polar surface area (TPSA) is 0 Å². The third-order valence-corrected chi connectivity index (χ3v) is 4.71. The second-order valence-corrected chi connectivity index (χ2v) is 6.22. The van der Waals surface area contributed by atoms with Gasteiger partial charge < -0.3 is 0 Å². The summed E-state index contributed by atoms with van der Waals surface area (Å²) in [5.74, 6) is 0. The second-order valence-electron chi connectivity index (χ2n) is 4.49. The molecule has 0 nitrogen and oxygen atoms in total. The highest BCUT2D eigenvalue weighted by atomic mass is 32.0. The monoisotopic (exact) mass is 260 g/mol. The maximum Gasteiger partial charge on any atom is -0.0152 e. The van der Waals surface area contributed by atoms with E-state index in [9.17, 15) is 0 Å². The molecular formula is C15H18P2. The predicted molar refractivity (Wildman–Crippen MR) is 83.7 cm³/mol. The number of aryl methyl sites for hydroxylation is 3. The van der Waals surface area contributed by atoms with Crippen molar-refractivity contribution in [2.45, 2.75) is 20.8 Å². The minimum absolute atomic E-state index is 0.792. The molecule has 0 aromatic heterocycles. The minimum atomic E-state index is 0.792. The normalized spacial score (nSPS) is 11.3. The van der Waals surface area contributed by atoms with Gasteiger partial charge in [0.25, 0.3) is 0 Å². The molecule has 0 bridgehead atoms. The van der Waals surface area contributed by atoms with Gasteiger partial charge in [-0.25, -0.2) is 0 Å². The predicted octanol–water partition coefficient (Wildman–Crippen LogP) is 4.37. The Kier molecular flexibility index (Phi) is 3.97. The van der Waals surface area contributed by atoms with Gasteiger partial charge in [-0.05, 0) is 48.3 Å². The first-order valence-electron chi connectivity index (χ1n) is 5.76. The van der Waals surface area contributed by atoms with Gasteiger partial charge in [0.15, 0.2) is 0 Å². The molecule has 0 aliphatic rings. The fraction of sp³-hybridized carbons (Fsp3) is 0.200. The molecule has 2 rings (SSSR count). The van der Waals surface area contributed by atoms with Crippen LogP contribution in [0.25, 0.3) is 11.1 Å². The molecule has 0 fully saturated rings. The summed E-state index contributed by atoms with van der Waals surface area (Å²) in [6.07, 6.45) is 0. The lowest BCUT2D eigenvalue weighted by atomic mass is 9.95. The van der Waals surface area contributed by atoms with Crippen molar-refractivity contribution in [1.29, 1.82) is 0 Å². The van der Waals surface area contributed by atoms with Gasteiger partial charge in [0, 0.05) is 0 Å². The molecule has 0 spiro atoms. The van der Waals surface area contributed by atoms with Gasteiger partial charge in [0.1, 0.15) is 0 Å². The van der Waals surface area contributed by atoms with Crippen molar-refractivity contribution in [3.8, 4) is 11.1 Å². The van der Waals surface area contributed by atoms with E-state index in [2.05, 4.69) is 66.1 Å². The van der Waals surface area contributed by atoms with Gasteiger partial charge >= 0.3 is 0 Å². The Morgan fingerprint density at radius 1 is 0.824 bits per heavy atom. The Balaban J connectivity index is 2.53. The molecule has 0 heterocycles. The molecule has 0 radical (unpaired) electrons. The maximum absolute atomic E-state index is 2.80. The van der Waals surface area contributed by atoms with Gasteiger partial charge in [0.2, 0.25) is 0 Å². The van der Waals surface area contributed by atoms with Crippen LogP contribution < -0.4 is 5.30 Å². The van der Waals surface area contributed by atoms with Crippen molar-refractivity contribution < 1.29 is 0 Å². The Bertz CT molecular complexity index is 545. The largest absolute Gasteiger partial charge is 0.110 e. The number of hydrogen-bond acceptors (Lipinski definition) is 0. The van der Waals surface area contributed by atoms with Crippen molar-refractivity contribution in [2.75, 3.05) is 0 Å². The summed E-state index contributed by atoms with van der Waals surface area (Å²) in [4.78, 5) is 0. The molecule has 0 saturated carbocycles. The van der Waals surface area contributed by atoms with Crippen LogP contribution in [0.5, 0.6) is 0 Å². The van der Waals surface area contributed by atoms with E-state index in [0.29, 0.717) is 0 Å². The van der Waals surface area contributed by atoms with Crippen LogP contribution in [0.15, 0.2) is 36.4 Å². The number of rotatable bonds is 2. The average Bonchev–Trinajstić information content (AvgIpc) is 2.30. The first-order valence-corrected chi connectivity index (χ1v) is 8.57. The van der Waals surface area contributed by atoms with Gasteiger partial charge in [-0.1, -0.05) is 50.2 Å². The highest BCUT2D eigenvalue weighted by Gasteiger charge is 2.05. The van der Waals surface area contributed by atoms with E-state index >= 15 is 0 Å². The average molecular weight is 260 g/mol. The van der Waals surface area contributed by atoms with Crippen molar-refractivity contribution in [1.82, 2.24) is 0 Å². The molecule has 88 valence electrons. The van der Waals surface area contributed by atoms with E-state index in [1.54, 1.807) is 0 Å². The molecule has 2 heteroatoms. The van der Waals surface area contributed by atoms with Crippen LogP contribution in [0.3, 0.4) is 0 Å². The molecule has 0 N–H and O–H groups in total. The van der Waals surface area contributed by atoms with Crippen LogP contribution in [0.2, 0.25) is 0 Å². The van der Waals surface area contributed by atoms with Crippen molar-refractivity contribution >= 4 is 22.5 Å². The van der Waals surface area contributed by atoms with Crippen LogP contribution in [0.1, 0.15) is 16.7 Å². The third-order valence-electron chi connectivity index (χ3n) is 3.07. The Morgan fingerprint density at radius 3 is 1.94 bits per heavy atom. The van der Waals surface area contributed by atoms with Gasteiger partial charge in [0.05, 0.1) is 0 Å². The number of hydrogen-bond donors (Lipinski definition) is 0. The van der Waals surface area contributed by atoms with Crippen LogP contribution in [-0.2, 0) is 0 Å². The highest BCUT2D eigenvalue weighted by molar-refractivity contribution is 8.06. The minimum Gasteiger partial charge on any atom is -0.110 e. The third kappa shape index (κ3) is 2.76. The fourth-order valence-electron chi connectivity index (χ4n) is 2.17. The molecule has 17 heavy (non-hydrogen) atoms. The van der Waals surface area contributed by atoms with Gasteiger partial charge in [-0.3, -0.25) is 0 Å². The molecule has 2 atom stereocenters. The molecule has 0 aliphatic heterocycles. The molecule has 2 unspecified atom stereocenters. The van der Waals surface area contributed by atoms with Crippen molar-refractivity contribution in [3.63, 3.8) is 0 Å². The van der Waals surface area contributed by atoms with E-state index in [-0.39, 0.29) is 0 Å². The first kappa shape index (κ1) is 12.7. The van der Waals surface area contributed by atoms with E-state index in [1.165, 1.54) is 33.1 Å². The summed E-state index contributed by atoms with van der Waals surface area (Å²) in [6.45, 7) is 6.53. The van der Waals surface area contributed by atoms with E-state index in [1.807, 2.05) is 0 Å². The van der Waals surface area contributed by atoms with E-state index in [4.69, 9.17) is 0 Å². The quantitative estimate of drug-likeness (QED) is 0.703. The lowest BCUT2D eigenvalue weighted by Crippen LogP contribution is -1.95. The zero-order valence-electron chi connectivity index (χ0n) is 10.5. The zero-order valence-corrected chi connectivity index (χ0v) is 12.7. The van der Waals surface area contributed by atoms with Crippen LogP contribution in [-0.4, -0.2) is 0 Å². The maximum atomic E-state index is 2.80. The smallest absolute Gasteiger partial charge is 0.0152 e. The lowest BCUT2D eigenvalue weighted by Gasteiger charge is -2.11. The standard InChI is InChI=1S/C15H18P2/c1-10-4-6-14(11(2)8-10)15-7-5-13(17-16)9-12(15)3/h4-9,17H,16H2,1-3H3. The summed E-state index contributed by atoms with van der Waals surface area (Å²) in [5.41, 5.74) is 6.76. The first-order chi connectivity index (χ1) is 8.11. The summed E-state index contributed by atoms with van der Waals surface area (Å²) < 4.78 is 0. The second kappa shape index (κ2) is 5.30. The summed E-state index contributed by atoms with van der Waals surface area (Å²) in [6, 6.07) is 13.4. The van der Waals surface area contributed by atoms with Crippen molar-refractivity contribution in [3.05, 3.63) is 53.1 Å². The zero-order chi connectivity index (χ0) is 12.4. The molecule has 0 saturated heterocycles. The molecule has 0 aliphatic carbocycles. The lowest BCUT2D eigenvalue weighted by molar-refractivity contribution is 1.37. The van der Waals surface area contributed by atoms with Crippen LogP contribution in [0.4, 0.5) is 0 Å². The molecular weight excluding hydrogens is 242 g/mol. The Morgan fingerprint density at radius 2 is 1.41 bits per heavy atom. The van der Waals surface area contributed by atoms with Crippen LogP contribution >= 0.6 is 17.2 Å². The Labute approximate surface area is 108 Å². The Hall–Kier alpha value is -0.700. The highest BCUT2D eigenvalue weighted by Crippen LogP contribution is 2.29. The number of benzene rings is 2. The van der Waals surface area contributed by atoms with E-state index < -0.39 is 0 Å². The molecule has 2 aromatic rings. The molecule has 2 aromatic carbocycles. The fourth-order valence-corrected chi connectivity index (χ4v) is 3.19. The van der Waals surface area contributed by atoms with Gasteiger partial charge in [-0.2, -0.15) is 0 Å². The van der Waals surface area contributed by atoms with E-state index in [0.717, 1.165) is 8.27 Å². The SMILES string of the molecule is Cc1ccc(-c2ccc(PP)cc2C)c(C)c1. The molecule has 0 amide bonds.